The van der Waals surface area contributed by atoms with E-state index < -0.39 is 50.1 Å². The van der Waals surface area contributed by atoms with E-state index in [4.69, 9.17) is 19.3 Å². The van der Waals surface area contributed by atoms with E-state index in [0.717, 1.165) is 6.20 Å². The fourth-order valence-corrected chi connectivity index (χ4v) is 2.53. The van der Waals surface area contributed by atoms with E-state index in [1.807, 2.05) is 4.98 Å². The smallest absolute Gasteiger partial charge is 0.387 e. The van der Waals surface area contributed by atoms with Crippen molar-refractivity contribution < 1.29 is 33.5 Å². The number of nitrogens with one attached hydrogen (secondary N) is 2. The number of aromatic nitrogens is 2. The monoisotopic (exact) mass is 338 g/mol. The molecule has 124 valence electrons. The Morgan fingerprint density at radius 1 is 1.41 bits per heavy atom. The van der Waals surface area contributed by atoms with Gasteiger partial charge in [0.25, 0.3) is 5.56 Å². The number of aliphatic hydroxyl groups excluding tert-OH is 1. The van der Waals surface area contributed by atoms with Crippen LogP contribution in [0.1, 0.15) is 11.7 Å². The van der Waals surface area contributed by atoms with Crippen molar-refractivity contribution in [3.05, 3.63) is 32.6 Å². The molecule has 2 heterocycles. The van der Waals surface area contributed by atoms with Crippen LogP contribution in [0.2, 0.25) is 0 Å². The Labute approximate surface area is 123 Å². The van der Waals surface area contributed by atoms with Gasteiger partial charge in [0.1, 0.15) is 24.4 Å². The molecule has 11 nitrogen and oxygen atoms in total. The van der Waals surface area contributed by atoms with Gasteiger partial charge in [0, 0.05) is 13.3 Å². The fourth-order valence-electron chi connectivity index (χ4n) is 2.19. The van der Waals surface area contributed by atoms with E-state index in [9.17, 15) is 19.3 Å². The molecule has 0 spiro atoms. The summed E-state index contributed by atoms with van der Waals surface area (Å²) in [6, 6.07) is 0. The number of methoxy groups -OCH3 is 1. The molecule has 4 atom stereocenters. The third-order valence-corrected chi connectivity index (χ3v) is 3.66. The minimum atomic E-state index is -4.73. The van der Waals surface area contributed by atoms with E-state index in [-0.39, 0.29) is 5.56 Å². The standard InChI is InChI=1S/C10H15N2O9P/c1-19-8-6(13)5(3-20-22(16,17)18)21-7(8)4-2-11-10(15)12-9(4)14/h2,5-8,13H,3H2,1H3,(H2,16,17,18)(H2,11,12,14,15)/t5-,6-,7+,8-/m1/s1. The van der Waals surface area contributed by atoms with E-state index in [2.05, 4.69) is 9.51 Å². The highest BCUT2D eigenvalue weighted by Crippen LogP contribution is 2.39. The molecule has 0 aliphatic carbocycles. The first-order valence-corrected chi connectivity index (χ1v) is 7.64. The van der Waals surface area contributed by atoms with Gasteiger partial charge in [0.2, 0.25) is 0 Å². The predicted octanol–water partition coefficient (Wildman–Crippen LogP) is -2.01. The number of hydrogen-bond acceptors (Lipinski definition) is 7. The number of phosphoric ester groups is 1. The second-order valence-corrected chi connectivity index (χ2v) is 5.84. The van der Waals surface area contributed by atoms with Gasteiger partial charge in [-0.15, -0.1) is 0 Å². The highest BCUT2D eigenvalue weighted by atomic mass is 31.2. The summed E-state index contributed by atoms with van der Waals surface area (Å²) in [5, 5.41) is 10.1. The predicted molar refractivity (Wildman–Crippen MR) is 70.1 cm³/mol. The van der Waals surface area contributed by atoms with Gasteiger partial charge in [-0.1, -0.05) is 0 Å². The Morgan fingerprint density at radius 2 is 2.09 bits per heavy atom. The zero-order valence-electron chi connectivity index (χ0n) is 11.3. The average molecular weight is 338 g/mol. The van der Waals surface area contributed by atoms with Crippen LogP contribution >= 0.6 is 7.82 Å². The number of hydrogen-bond donors (Lipinski definition) is 5. The van der Waals surface area contributed by atoms with Gasteiger partial charge >= 0.3 is 13.5 Å². The third kappa shape index (κ3) is 3.70. The van der Waals surface area contributed by atoms with Crippen molar-refractivity contribution in [2.75, 3.05) is 13.7 Å². The minimum Gasteiger partial charge on any atom is -0.387 e. The van der Waals surface area contributed by atoms with Gasteiger partial charge < -0.3 is 29.4 Å². The molecule has 1 aromatic rings. The van der Waals surface area contributed by atoms with Crippen molar-refractivity contribution in [2.45, 2.75) is 24.4 Å². The lowest BCUT2D eigenvalue weighted by Gasteiger charge is -2.17. The van der Waals surface area contributed by atoms with E-state index >= 15 is 0 Å². The number of rotatable bonds is 5. The van der Waals surface area contributed by atoms with Gasteiger partial charge in [0.15, 0.2) is 0 Å². The summed E-state index contributed by atoms with van der Waals surface area (Å²) in [5.41, 5.74) is -1.42. The summed E-state index contributed by atoms with van der Waals surface area (Å²) < 4.78 is 25.5. The summed E-state index contributed by atoms with van der Waals surface area (Å²) >= 11 is 0. The molecule has 1 aromatic heterocycles. The molecule has 12 heteroatoms. The zero-order valence-corrected chi connectivity index (χ0v) is 12.2. The minimum absolute atomic E-state index is 0.00387. The van der Waals surface area contributed by atoms with Crippen LogP contribution in [0.4, 0.5) is 0 Å². The van der Waals surface area contributed by atoms with Gasteiger partial charge in [-0.05, 0) is 0 Å². The van der Waals surface area contributed by atoms with Crippen molar-refractivity contribution in [3.8, 4) is 0 Å². The molecule has 0 amide bonds. The number of phosphoric acid groups is 1. The largest absolute Gasteiger partial charge is 0.469 e. The summed E-state index contributed by atoms with van der Waals surface area (Å²) in [4.78, 5) is 44.4. The number of ether oxygens (including phenoxy) is 2. The molecule has 0 saturated carbocycles. The lowest BCUT2D eigenvalue weighted by atomic mass is 10.0. The van der Waals surface area contributed by atoms with Gasteiger partial charge in [0.05, 0.1) is 12.2 Å². The maximum atomic E-state index is 11.8. The van der Waals surface area contributed by atoms with Crippen LogP contribution in [0, 0.1) is 0 Å². The van der Waals surface area contributed by atoms with Crippen LogP contribution < -0.4 is 11.2 Å². The molecule has 2 rings (SSSR count). The van der Waals surface area contributed by atoms with E-state index in [0.29, 0.717) is 0 Å². The molecular formula is C10H15N2O9P. The van der Waals surface area contributed by atoms with Crippen molar-refractivity contribution in [1.82, 2.24) is 9.97 Å². The maximum absolute atomic E-state index is 11.8. The Hall–Kier alpha value is -1.33. The first kappa shape index (κ1) is 17.0. The molecule has 1 aliphatic heterocycles. The summed E-state index contributed by atoms with van der Waals surface area (Å²) in [5.74, 6) is 0. The maximum Gasteiger partial charge on any atom is 0.469 e. The molecule has 1 saturated heterocycles. The zero-order chi connectivity index (χ0) is 16.5. The van der Waals surface area contributed by atoms with Crippen molar-refractivity contribution in [1.29, 1.82) is 0 Å². The Kier molecular flexibility index (Phi) is 4.97. The highest BCUT2D eigenvalue weighted by Gasteiger charge is 2.46. The highest BCUT2D eigenvalue weighted by molar-refractivity contribution is 7.46. The lowest BCUT2D eigenvalue weighted by Crippen LogP contribution is -2.35. The second-order valence-electron chi connectivity index (χ2n) is 4.60. The summed E-state index contributed by atoms with van der Waals surface area (Å²) in [6.45, 7) is -0.594. The van der Waals surface area contributed by atoms with Crippen LogP contribution in [0.25, 0.3) is 0 Å². The van der Waals surface area contributed by atoms with Crippen LogP contribution in [-0.2, 0) is 18.6 Å². The molecule has 22 heavy (non-hydrogen) atoms. The third-order valence-electron chi connectivity index (χ3n) is 3.17. The molecule has 0 radical (unpaired) electrons. The summed E-state index contributed by atoms with van der Waals surface area (Å²) in [6.07, 6.45) is -3.29. The molecule has 0 bridgehead atoms. The van der Waals surface area contributed by atoms with Crippen LogP contribution in [0.5, 0.6) is 0 Å². The normalized spacial score (nSPS) is 28.9. The van der Waals surface area contributed by atoms with Gasteiger partial charge in [-0.3, -0.25) is 14.3 Å². The van der Waals surface area contributed by atoms with Crippen LogP contribution in [-0.4, -0.2) is 56.9 Å². The molecule has 1 fully saturated rings. The molecule has 0 unspecified atom stereocenters. The van der Waals surface area contributed by atoms with Crippen molar-refractivity contribution in [3.63, 3.8) is 0 Å². The quantitative estimate of drug-likeness (QED) is 0.380. The second kappa shape index (κ2) is 6.42. The number of aromatic amines is 2. The Balaban J connectivity index is 2.23. The lowest BCUT2D eigenvalue weighted by molar-refractivity contribution is -0.0236. The first-order valence-electron chi connectivity index (χ1n) is 6.11. The van der Waals surface area contributed by atoms with Crippen molar-refractivity contribution >= 4 is 7.82 Å². The summed E-state index contributed by atoms with van der Waals surface area (Å²) in [7, 11) is -3.45. The number of H-pyrrole nitrogens is 2. The SMILES string of the molecule is CO[C@@H]1[C@H](O)[C@@H](COP(=O)(O)O)O[C@H]1c1c[nH]c(=O)[nH]c1=O. The van der Waals surface area contributed by atoms with E-state index in [1.165, 1.54) is 7.11 Å². The Bertz CT molecular complexity index is 679. The van der Waals surface area contributed by atoms with Crippen LogP contribution in [0.3, 0.4) is 0 Å². The topological polar surface area (TPSA) is 171 Å². The molecule has 5 N–H and O–H groups in total. The first-order chi connectivity index (χ1) is 10.2. The van der Waals surface area contributed by atoms with Crippen LogP contribution in [0.15, 0.2) is 15.8 Å². The molecular weight excluding hydrogens is 323 g/mol. The van der Waals surface area contributed by atoms with Crippen molar-refractivity contribution in [2.24, 2.45) is 0 Å². The van der Waals surface area contributed by atoms with E-state index in [1.54, 1.807) is 0 Å². The Morgan fingerprint density at radius 3 is 2.64 bits per heavy atom. The molecule has 0 aromatic carbocycles. The van der Waals surface area contributed by atoms with Gasteiger partial charge in [-0.25, -0.2) is 9.36 Å². The van der Waals surface area contributed by atoms with Gasteiger partial charge in [-0.2, -0.15) is 0 Å². The fraction of sp³-hybridized carbons (Fsp3) is 0.600. The number of aliphatic hydroxyl groups is 1. The average Bonchev–Trinajstić information content (AvgIpc) is 2.72. The molecule has 1 aliphatic rings.